The molecule has 7 nitrogen and oxygen atoms in total. The molecule has 1 saturated heterocycles. The highest BCUT2D eigenvalue weighted by molar-refractivity contribution is 7.91. The van der Waals surface area contributed by atoms with Gasteiger partial charge in [-0.3, -0.25) is 4.98 Å². The molecule has 3 aromatic rings. The normalized spacial score (nSPS) is 15.3. The Morgan fingerprint density at radius 3 is 2.77 bits per heavy atom. The lowest BCUT2D eigenvalue weighted by molar-refractivity contribution is 0.413. The first-order chi connectivity index (χ1) is 12.6. The van der Waals surface area contributed by atoms with Crippen molar-refractivity contribution >= 4 is 26.6 Å². The second kappa shape index (κ2) is 6.62. The highest BCUT2D eigenvalue weighted by atomic mass is 32.2. The summed E-state index contributed by atoms with van der Waals surface area (Å²) in [5, 5.41) is 3.31. The largest absolute Gasteiger partial charge is 0.497 e. The maximum absolute atomic E-state index is 13.2. The van der Waals surface area contributed by atoms with Gasteiger partial charge in [0.2, 0.25) is 9.84 Å². The number of benzene rings is 1. The molecule has 1 aliphatic heterocycles. The predicted molar refractivity (Wildman–Crippen MR) is 99.6 cm³/mol. The molecule has 0 amide bonds. The molecule has 0 radical (unpaired) electrons. The van der Waals surface area contributed by atoms with E-state index in [-0.39, 0.29) is 9.79 Å². The minimum Gasteiger partial charge on any atom is -0.497 e. The zero-order chi connectivity index (χ0) is 18.1. The average Bonchev–Trinajstić information content (AvgIpc) is 3.12. The van der Waals surface area contributed by atoms with Crippen LogP contribution in [-0.2, 0) is 9.84 Å². The number of ether oxygens (including phenoxy) is 1. The van der Waals surface area contributed by atoms with Crippen LogP contribution in [0.1, 0.15) is 0 Å². The van der Waals surface area contributed by atoms with Gasteiger partial charge >= 0.3 is 0 Å². The van der Waals surface area contributed by atoms with Gasteiger partial charge in [0.25, 0.3) is 0 Å². The van der Waals surface area contributed by atoms with E-state index in [0.717, 1.165) is 31.9 Å². The quantitative estimate of drug-likeness (QED) is 0.726. The van der Waals surface area contributed by atoms with Crippen LogP contribution in [0.15, 0.2) is 52.5 Å². The third-order valence-electron chi connectivity index (χ3n) is 4.61. The second-order valence-electron chi connectivity index (χ2n) is 6.13. The molecule has 2 N–H and O–H groups in total. The van der Waals surface area contributed by atoms with Gasteiger partial charge in [0, 0.05) is 38.6 Å². The molecule has 136 valence electrons. The Hall–Kier alpha value is -2.58. The third-order valence-corrected chi connectivity index (χ3v) is 6.40. The molecule has 0 unspecified atom stereocenters. The minimum atomic E-state index is -3.70. The van der Waals surface area contributed by atoms with E-state index in [2.05, 4.69) is 20.2 Å². The molecular formula is C18H20N4O3S. The van der Waals surface area contributed by atoms with Crippen LogP contribution in [0.5, 0.6) is 5.75 Å². The predicted octanol–water partition coefficient (Wildman–Crippen LogP) is 1.81. The van der Waals surface area contributed by atoms with Crippen molar-refractivity contribution in [3.8, 4) is 5.75 Å². The number of anilines is 1. The molecule has 0 bridgehead atoms. The number of aromatic nitrogens is 2. The zero-order valence-corrected chi connectivity index (χ0v) is 15.2. The summed E-state index contributed by atoms with van der Waals surface area (Å²) in [6, 6.07) is 8.03. The van der Waals surface area contributed by atoms with Gasteiger partial charge < -0.3 is 19.9 Å². The molecule has 1 aliphatic rings. The minimum absolute atomic E-state index is 0.197. The number of pyridine rings is 1. The molecular weight excluding hydrogens is 352 g/mol. The molecule has 8 heteroatoms. The summed E-state index contributed by atoms with van der Waals surface area (Å²) >= 11 is 0. The summed E-state index contributed by atoms with van der Waals surface area (Å²) < 4.78 is 31.5. The Labute approximate surface area is 151 Å². The van der Waals surface area contributed by atoms with Crippen molar-refractivity contribution in [1.82, 2.24) is 15.3 Å². The number of hydrogen-bond acceptors (Lipinski definition) is 6. The monoisotopic (exact) mass is 372 g/mol. The molecule has 1 aromatic carbocycles. The van der Waals surface area contributed by atoms with E-state index >= 15 is 0 Å². The number of H-pyrrole nitrogens is 1. The highest BCUT2D eigenvalue weighted by Gasteiger charge is 2.24. The van der Waals surface area contributed by atoms with E-state index < -0.39 is 9.84 Å². The molecule has 0 aliphatic carbocycles. The van der Waals surface area contributed by atoms with E-state index in [9.17, 15) is 8.42 Å². The van der Waals surface area contributed by atoms with Gasteiger partial charge in [0.15, 0.2) is 0 Å². The van der Waals surface area contributed by atoms with Crippen LogP contribution in [0.25, 0.3) is 11.0 Å². The number of methoxy groups -OCH3 is 1. The first kappa shape index (κ1) is 16.9. The number of nitrogens with one attached hydrogen (secondary N) is 2. The lowest BCUT2D eigenvalue weighted by atomic mass is 10.3. The lowest BCUT2D eigenvalue weighted by Gasteiger charge is -2.28. The fraction of sp³-hybridized carbons (Fsp3) is 0.278. The van der Waals surface area contributed by atoms with Crippen LogP contribution in [0, 0.1) is 0 Å². The number of hydrogen-bond donors (Lipinski definition) is 2. The summed E-state index contributed by atoms with van der Waals surface area (Å²) in [6.07, 6.45) is 3.39. The van der Waals surface area contributed by atoms with E-state index in [1.54, 1.807) is 24.4 Å². The first-order valence-electron chi connectivity index (χ1n) is 8.42. The number of fused-ring (bicyclic) bond motifs is 1. The summed E-state index contributed by atoms with van der Waals surface area (Å²) in [4.78, 5) is 10.2. The third kappa shape index (κ3) is 2.81. The average molecular weight is 372 g/mol. The van der Waals surface area contributed by atoms with E-state index in [0.29, 0.717) is 16.8 Å². The van der Waals surface area contributed by atoms with Crippen LogP contribution in [0.3, 0.4) is 0 Å². The van der Waals surface area contributed by atoms with Gasteiger partial charge in [-0.25, -0.2) is 8.42 Å². The van der Waals surface area contributed by atoms with Crippen LogP contribution in [0.2, 0.25) is 0 Å². The maximum atomic E-state index is 13.2. The molecule has 1 fully saturated rings. The van der Waals surface area contributed by atoms with Crippen molar-refractivity contribution in [1.29, 1.82) is 0 Å². The molecule has 4 rings (SSSR count). The van der Waals surface area contributed by atoms with Crippen molar-refractivity contribution in [2.24, 2.45) is 0 Å². The molecule has 0 saturated carbocycles. The Morgan fingerprint density at radius 2 is 2.00 bits per heavy atom. The Kier molecular flexibility index (Phi) is 4.29. The summed E-state index contributed by atoms with van der Waals surface area (Å²) in [7, 11) is -2.18. The highest BCUT2D eigenvalue weighted by Crippen LogP contribution is 2.32. The number of rotatable bonds is 4. The van der Waals surface area contributed by atoms with Gasteiger partial charge in [-0.1, -0.05) is 6.07 Å². The SMILES string of the molecule is COc1cccc(S(=O)(=O)c2ccnc3c(N4CCNCC4)c[nH]c23)c1. The molecule has 0 atom stereocenters. The van der Waals surface area contributed by atoms with Crippen molar-refractivity contribution in [2.75, 3.05) is 38.2 Å². The lowest BCUT2D eigenvalue weighted by Crippen LogP contribution is -2.43. The standard InChI is InChI=1S/C18H20N4O3S/c1-25-13-3-2-4-14(11-13)26(23,24)16-5-6-20-17-15(12-21-18(16)17)22-9-7-19-8-10-22/h2-6,11-12,19,21H,7-10H2,1H3. The fourth-order valence-corrected chi connectivity index (χ4v) is 4.70. The van der Waals surface area contributed by atoms with Crippen molar-refractivity contribution < 1.29 is 13.2 Å². The summed E-state index contributed by atoms with van der Waals surface area (Å²) in [6.45, 7) is 3.52. The van der Waals surface area contributed by atoms with Crippen LogP contribution < -0.4 is 15.0 Å². The molecule has 3 heterocycles. The summed E-state index contributed by atoms with van der Waals surface area (Å²) in [5.41, 5.74) is 2.14. The number of aromatic amines is 1. The van der Waals surface area contributed by atoms with Crippen LogP contribution in [-0.4, -0.2) is 51.7 Å². The smallest absolute Gasteiger partial charge is 0.208 e. The number of piperazine rings is 1. The van der Waals surface area contributed by atoms with E-state index in [4.69, 9.17) is 4.74 Å². The molecule has 2 aromatic heterocycles. The second-order valence-corrected chi connectivity index (χ2v) is 8.04. The molecule has 26 heavy (non-hydrogen) atoms. The Bertz CT molecular complexity index is 1040. The van der Waals surface area contributed by atoms with Crippen LogP contribution in [0.4, 0.5) is 5.69 Å². The molecule has 0 spiro atoms. The summed E-state index contributed by atoms with van der Waals surface area (Å²) in [5.74, 6) is 0.504. The number of sulfone groups is 1. The van der Waals surface area contributed by atoms with Gasteiger partial charge in [-0.15, -0.1) is 0 Å². The van der Waals surface area contributed by atoms with Gasteiger partial charge in [0.1, 0.15) is 11.3 Å². The van der Waals surface area contributed by atoms with Crippen molar-refractivity contribution in [3.05, 3.63) is 42.7 Å². The zero-order valence-electron chi connectivity index (χ0n) is 14.4. The van der Waals surface area contributed by atoms with E-state index in [1.165, 1.54) is 19.2 Å². The van der Waals surface area contributed by atoms with Crippen molar-refractivity contribution in [2.45, 2.75) is 9.79 Å². The topological polar surface area (TPSA) is 87.3 Å². The maximum Gasteiger partial charge on any atom is 0.208 e. The van der Waals surface area contributed by atoms with Gasteiger partial charge in [-0.2, -0.15) is 0 Å². The van der Waals surface area contributed by atoms with E-state index in [1.807, 2.05) is 6.20 Å². The first-order valence-corrected chi connectivity index (χ1v) is 9.90. The Balaban J connectivity index is 1.82. The Morgan fingerprint density at radius 1 is 1.19 bits per heavy atom. The number of nitrogens with zero attached hydrogens (tertiary/aromatic N) is 2. The van der Waals surface area contributed by atoms with Crippen LogP contribution >= 0.6 is 0 Å². The van der Waals surface area contributed by atoms with Crippen molar-refractivity contribution in [3.63, 3.8) is 0 Å². The fourth-order valence-electron chi connectivity index (χ4n) is 3.25. The van der Waals surface area contributed by atoms with Gasteiger partial charge in [-0.05, 0) is 24.3 Å². The van der Waals surface area contributed by atoms with Gasteiger partial charge in [0.05, 0.1) is 28.1 Å².